The van der Waals surface area contributed by atoms with E-state index >= 15 is 0 Å². The SMILES string of the molecule is O=C(NC(CC1CC1)C(=O)O)OCc1ccccc1. The number of ether oxygens (including phenoxy) is 1. The van der Waals surface area contributed by atoms with Gasteiger partial charge in [0.15, 0.2) is 0 Å². The van der Waals surface area contributed by atoms with Gasteiger partial charge < -0.3 is 15.2 Å². The number of carbonyl (C=O) groups is 2. The minimum atomic E-state index is -1.01. The largest absolute Gasteiger partial charge is 0.480 e. The quantitative estimate of drug-likeness (QED) is 0.824. The zero-order valence-electron chi connectivity index (χ0n) is 10.5. The van der Waals surface area contributed by atoms with Crippen molar-refractivity contribution in [2.75, 3.05) is 0 Å². The van der Waals surface area contributed by atoms with Crippen LogP contribution in [0.15, 0.2) is 30.3 Å². The maximum absolute atomic E-state index is 11.5. The molecule has 0 bridgehead atoms. The van der Waals surface area contributed by atoms with E-state index in [2.05, 4.69) is 5.32 Å². The van der Waals surface area contributed by atoms with E-state index in [1.807, 2.05) is 30.3 Å². The fourth-order valence-corrected chi connectivity index (χ4v) is 1.82. The predicted octanol–water partition coefficient (Wildman–Crippen LogP) is 2.17. The van der Waals surface area contributed by atoms with Crippen LogP contribution in [0, 0.1) is 5.92 Å². The van der Waals surface area contributed by atoms with Crippen molar-refractivity contribution in [2.24, 2.45) is 5.92 Å². The number of hydrogen-bond acceptors (Lipinski definition) is 3. The molecule has 1 unspecified atom stereocenters. The molecule has 0 aromatic heterocycles. The van der Waals surface area contributed by atoms with Gasteiger partial charge in [-0.1, -0.05) is 43.2 Å². The molecule has 0 aliphatic heterocycles. The first-order chi connectivity index (χ1) is 9.15. The lowest BCUT2D eigenvalue weighted by Gasteiger charge is -2.14. The maximum atomic E-state index is 11.5. The van der Waals surface area contributed by atoms with Crippen LogP contribution in [-0.4, -0.2) is 23.2 Å². The van der Waals surface area contributed by atoms with E-state index in [4.69, 9.17) is 9.84 Å². The molecular formula is C14H17NO4. The molecule has 0 radical (unpaired) electrons. The van der Waals surface area contributed by atoms with Gasteiger partial charge in [0.2, 0.25) is 0 Å². The summed E-state index contributed by atoms with van der Waals surface area (Å²) in [7, 11) is 0. The highest BCUT2D eigenvalue weighted by atomic mass is 16.5. The van der Waals surface area contributed by atoms with Crippen molar-refractivity contribution in [3.63, 3.8) is 0 Å². The molecule has 1 fully saturated rings. The van der Waals surface area contributed by atoms with Crippen LogP contribution in [0.5, 0.6) is 0 Å². The molecule has 0 saturated heterocycles. The monoisotopic (exact) mass is 263 g/mol. The first kappa shape index (κ1) is 13.4. The van der Waals surface area contributed by atoms with Crippen molar-refractivity contribution < 1.29 is 19.4 Å². The number of benzene rings is 1. The number of carboxylic acids is 1. The molecule has 5 heteroatoms. The normalized spacial score (nSPS) is 15.6. The van der Waals surface area contributed by atoms with Crippen LogP contribution in [0.3, 0.4) is 0 Å². The lowest BCUT2D eigenvalue weighted by molar-refractivity contribution is -0.139. The van der Waals surface area contributed by atoms with Crippen molar-refractivity contribution in [2.45, 2.75) is 31.9 Å². The molecule has 102 valence electrons. The Labute approximate surface area is 111 Å². The third-order valence-electron chi connectivity index (χ3n) is 3.07. The van der Waals surface area contributed by atoms with Crippen molar-refractivity contribution >= 4 is 12.1 Å². The standard InChI is InChI=1S/C14H17NO4/c16-13(17)12(8-10-6-7-10)15-14(18)19-9-11-4-2-1-3-5-11/h1-5,10,12H,6-9H2,(H,15,18)(H,16,17). The van der Waals surface area contributed by atoms with Gasteiger partial charge >= 0.3 is 12.1 Å². The van der Waals surface area contributed by atoms with Gasteiger partial charge in [-0.25, -0.2) is 9.59 Å². The van der Waals surface area contributed by atoms with Crippen LogP contribution in [-0.2, 0) is 16.1 Å². The Kier molecular flexibility index (Phi) is 4.39. The lowest BCUT2D eigenvalue weighted by Crippen LogP contribution is -2.41. The number of alkyl carbamates (subject to hydrolysis) is 1. The Morgan fingerprint density at radius 2 is 2.00 bits per heavy atom. The van der Waals surface area contributed by atoms with E-state index in [0.717, 1.165) is 18.4 Å². The number of aliphatic carboxylic acids is 1. The van der Waals surface area contributed by atoms with E-state index < -0.39 is 18.1 Å². The summed E-state index contributed by atoms with van der Waals surface area (Å²) in [5.41, 5.74) is 0.867. The third kappa shape index (κ3) is 4.62. The Morgan fingerprint density at radius 3 is 2.58 bits per heavy atom. The molecule has 1 aliphatic carbocycles. The zero-order valence-corrected chi connectivity index (χ0v) is 10.5. The summed E-state index contributed by atoms with van der Waals surface area (Å²) < 4.78 is 5.00. The molecule has 19 heavy (non-hydrogen) atoms. The summed E-state index contributed by atoms with van der Waals surface area (Å²) in [6.45, 7) is 0.141. The third-order valence-corrected chi connectivity index (χ3v) is 3.07. The Hall–Kier alpha value is -2.04. The minimum absolute atomic E-state index is 0.141. The van der Waals surface area contributed by atoms with E-state index in [1.54, 1.807) is 0 Å². The number of hydrogen-bond donors (Lipinski definition) is 2. The molecule has 5 nitrogen and oxygen atoms in total. The summed E-state index contributed by atoms with van der Waals surface area (Å²) in [5.74, 6) is -0.584. The molecule has 1 amide bonds. The second-order valence-corrected chi connectivity index (χ2v) is 4.78. The van der Waals surface area contributed by atoms with Gasteiger partial charge in [0, 0.05) is 0 Å². The molecule has 1 aliphatic rings. The summed E-state index contributed by atoms with van der Waals surface area (Å²) in [6.07, 6.45) is 1.89. The predicted molar refractivity (Wildman–Crippen MR) is 68.5 cm³/mol. The van der Waals surface area contributed by atoms with Crippen LogP contribution in [0.1, 0.15) is 24.8 Å². The van der Waals surface area contributed by atoms with Gasteiger partial charge in [0.25, 0.3) is 0 Å². The molecule has 0 heterocycles. The van der Waals surface area contributed by atoms with Gasteiger partial charge in [0.1, 0.15) is 12.6 Å². The second kappa shape index (κ2) is 6.22. The molecule has 2 rings (SSSR count). The summed E-state index contributed by atoms with van der Waals surface area (Å²) >= 11 is 0. The van der Waals surface area contributed by atoms with Crippen molar-refractivity contribution in [3.05, 3.63) is 35.9 Å². The fraction of sp³-hybridized carbons (Fsp3) is 0.429. The minimum Gasteiger partial charge on any atom is -0.480 e. The van der Waals surface area contributed by atoms with Crippen LogP contribution in [0.4, 0.5) is 4.79 Å². The maximum Gasteiger partial charge on any atom is 0.408 e. The fourth-order valence-electron chi connectivity index (χ4n) is 1.82. The molecule has 1 atom stereocenters. The van der Waals surface area contributed by atoms with Gasteiger partial charge in [-0.15, -0.1) is 0 Å². The molecule has 1 aromatic carbocycles. The number of carboxylic acid groups (broad SMARTS) is 1. The molecule has 1 saturated carbocycles. The van der Waals surface area contributed by atoms with Crippen LogP contribution in [0.25, 0.3) is 0 Å². The molecular weight excluding hydrogens is 246 g/mol. The van der Waals surface area contributed by atoms with Crippen molar-refractivity contribution in [1.29, 1.82) is 0 Å². The highest BCUT2D eigenvalue weighted by Crippen LogP contribution is 2.33. The highest BCUT2D eigenvalue weighted by molar-refractivity contribution is 5.79. The zero-order chi connectivity index (χ0) is 13.7. The van der Waals surface area contributed by atoms with Gasteiger partial charge in [-0.3, -0.25) is 0 Å². The Morgan fingerprint density at radius 1 is 1.32 bits per heavy atom. The first-order valence-corrected chi connectivity index (χ1v) is 6.35. The number of nitrogens with one attached hydrogen (secondary N) is 1. The average Bonchev–Trinajstić information content (AvgIpc) is 3.21. The van der Waals surface area contributed by atoms with E-state index in [0.29, 0.717) is 12.3 Å². The van der Waals surface area contributed by atoms with Crippen LogP contribution < -0.4 is 5.32 Å². The van der Waals surface area contributed by atoms with Gasteiger partial charge in [0.05, 0.1) is 0 Å². The Bertz CT molecular complexity index is 442. The van der Waals surface area contributed by atoms with E-state index in [-0.39, 0.29) is 6.61 Å². The summed E-state index contributed by atoms with van der Waals surface area (Å²) in [4.78, 5) is 22.5. The van der Waals surface area contributed by atoms with E-state index in [9.17, 15) is 9.59 Å². The smallest absolute Gasteiger partial charge is 0.408 e. The van der Waals surface area contributed by atoms with Crippen molar-refractivity contribution in [1.82, 2.24) is 5.32 Å². The number of amides is 1. The lowest BCUT2D eigenvalue weighted by atomic mass is 10.1. The molecule has 0 spiro atoms. The first-order valence-electron chi connectivity index (χ1n) is 6.35. The van der Waals surface area contributed by atoms with Crippen LogP contribution in [0.2, 0.25) is 0 Å². The van der Waals surface area contributed by atoms with Gasteiger partial charge in [-0.05, 0) is 17.9 Å². The van der Waals surface area contributed by atoms with Gasteiger partial charge in [-0.2, -0.15) is 0 Å². The van der Waals surface area contributed by atoms with Crippen molar-refractivity contribution in [3.8, 4) is 0 Å². The highest BCUT2D eigenvalue weighted by Gasteiger charge is 2.30. The molecule has 1 aromatic rings. The average molecular weight is 263 g/mol. The number of rotatable bonds is 6. The van der Waals surface area contributed by atoms with Crippen LogP contribution >= 0.6 is 0 Å². The van der Waals surface area contributed by atoms with E-state index in [1.165, 1.54) is 0 Å². The summed E-state index contributed by atoms with van der Waals surface area (Å²) in [5, 5.41) is 11.4. The molecule has 2 N–H and O–H groups in total. The Balaban J connectivity index is 1.77. The topological polar surface area (TPSA) is 75.6 Å². The second-order valence-electron chi connectivity index (χ2n) is 4.78. The number of carbonyl (C=O) groups excluding carboxylic acids is 1. The summed E-state index contributed by atoms with van der Waals surface area (Å²) in [6, 6.07) is 8.40.